The molecular formula is C20H23N9O3. The summed E-state index contributed by atoms with van der Waals surface area (Å²) in [4.78, 5) is 32.4. The van der Waals surface area contributed by atoms with E-state index < -0.39 is 12.9 Å². The fourth-order valence-corrected chi connectivity index (χ4v) is 3.33. The van der Waals surface area contributed by atoms with Gasteiger partial charge in [0.15, 0.2) is 23.1 Å². The van der Waals surface area contributed by atoms with Gasteiger partial charge in [-0.15, -0.1) is 10.2 Å². The molecule has 32 heavy (non-hydrogen) atoms. The fourth-order valence-electron chi connectivity index (χ4n) is 3.33. The third kappa shape index (κ3) is 3.77. The second-order valence-corrected chi connectivity index (χ2v) is 7.03. The molecule has 3 aromatic rings. The lowest BCUT2D eigenvalue weighted by molar-refractivity contribution is 0.0958. The Bertz CT molecular complexity index is 1280. The van der Waals surface area contributed by atoms with Gasteiger partial charge in [-0.3, -0.25) is 14.4 Å². The van der Waals surface area contributed by atoms with Gasteiger partial charge in [0.1, 0.15) is 6.33 Å². The molecule has 0 atom stereocenters. The van der Waals surface area contributed by atoms with Crippen molar-refractivity contribution >= 4 is 29.1 Å². The maximum atomic E-state index is 12.7. The molecule has 166 valence electrons. The number of ether oxygens (including phenoxy) is 1. The topological polar surface area (TPSA) is 130 Å². The highest BCUT2D eigenvalue weighted by molar-refractivity contribution is 6.00. The van der Waals surface area contributed by atoms with Crippen molar-refractivity contribution in [1.29, 1.82) is 0 Å². The summed E-state index contributed by atoms with van der Waals surface area (Å²) >= 11 is 0. The first kappa shape index (κ1) is 17.5. The average Bonchev–Trinajstić information content (AvgIpc) is 3.37. The number of carbonyl (C=O) groups is 2. The molecule has 1 fully saturated rings. The molecule has 0 unspecified atom stereocenters. The van der Waals surface area contributed by atoms with Crippen molar-refractivity contribution in [1.82, 2.24) is 35.2 Å². The van der Waals surface area contributed by atoms with Gasteiger partial charge in [-0.1, -0.05) is 6.07 Å². The lowest BCUT2D eigenvalue weighted by Crippen LogP contribution is -2.30. The zero-order chi connectivity index (χ0) is 25.3. The lowest BCUT2D eigenvalue weighted by Gasteiger charge is -2.18. The number of rotatable bonds is 6. The molecule has 3 heterocycles. The molecule has 4 rings (SSSR count). The number of urea groups is 1. The van der Waals surface area contributed by atoms with E-state index in [1.807, 2.05) is 5.32 Å². The quantitative estimate of drug-likeness (QED) is 0.586. The molecule has 0 spiro atoms. The number of aromatic nitrogens is 5. The first-order valence-electron chi connectivity index (χ1n) is 11.1. The lowest BCUT2D eigenvalue weighted by atomic mass is 10.1. The van der Waals surface area contributed by atoms with E-state index >= 15 is 0 Å². The molecule has 3 amide bonds. The van der Waals surface area contributed by atoms with Crippen LogP contribution in [0.4, 0.5) is 22.0 Å². The van der Waals surface area contributed by atoms with E-state index in [4.69, 9.17) is 8.85 Å². The van der Waals surface area contributed by atoms with Crippen molar-refractivity contribution in [2.45, 2.75) is 0 Å². The molecule has 0 bridgehead atoms. The number of para-hydroxylation sites is 1. The molecule has 1 saturated heterocycles. The number of anilines is 3. The van der Waals surface area contributed by atoms with Crippen molar-refractivity contribution in [2.24, 2.45) is 7.05 Å². The van der Waals surface area contributed by atoms with Crippen molar-refractivity contribution in [2.75, 3.05) is 44.4 Å². The Labute approximate surface area is 188 Å². The fraction of sp³-hybridized carbons (Fsp3) is 0.300. The SMILES string of the molecule is [2H]C([2H])([2H])NC(=O)c1nnc(N2CCN(C)C2=O)cc1Nc1cccc(-c2ncn(C)n2)c1OC. The van der Waals surface area contributed by atoms with Gasteiger partial charge in [0.05, 0.1) is 24.0 Å². The predicted octanol–water partition coefficient (Wildman–Crippen LogP) is 1.26. The number of hydrogen-bond donors (Lipinski definition) is 2. The van der Waals surface area contributed by atoms with Crippen LogP contribution in [0, 0.1) is 0 Å². The number of hydrogen-bond acceptors (Lipinski definition) is 8. The molecule has 2 N–H and O–H groups in total. The number of benzene rings is 1. The smallest absolute Gasteiger partial charge is 0.325 e. The summed E-state index contributed by atoms with van der Waals surface area (Å²) in [6.45, 7) is -1.85. The summed E-state index contributed by atoms with van der Waals surface area (Å²) in [6, 6.07) is 6.41. The zero-order valence-corrected chi connectivity index (χ0v) is 17.7. The minimum atomic E-state index is -2.73. The number of amides is 3. The average molecular weight is 440 g/mol. The Morgan fingerprint density at radius 2 is 2.06 bits per heavy atom. The summed E-state index contributed by atoms with van der Waals surface area (Å²) < 4.78 is 29.2. The Kier molecular flexibility index (Phi) is 4.63. The minimum Gasteiger partial charge on any atom is -0.494 e. The van der Waals surface area contributed by atoms with Crippen LogP contribution in [0.3, 0.4) is 0 Å². The number of carbonyl (C=O) groups excluding carboxylic acids is 2. The molecule has 1 aliphatic rings. The number of nitrogens with one attached hydrogen (secondary N) is 2. The van der Waals surface area contributed by atoms with Crippen LogP contribution in [0.25, 0.3) is 11.4 Å². The molecular weight excluding hydrogens is 414 g/mol. The molecule has 0 radical (unpaired) electrons. The van der Waals surface area contributed by atoms with Gasteiger partial charge in [0, 0.05) is 44.3 Å². The summed E-state index contributed by atoms with van der Waals surface area (Å²) in [5, 5.41) is 17.2. The van der Waals surface area contributed by atoms with Gasteiger partial charge in [0.2, 0.25) is 0 Å². The van der Waals surface area contributed by atoms with Crippen LogP contribution in [-0.2, 0) is 7.05 Å². The normalized spacial score (nSPS) is 15.2. The second kappa shape index (κ2) is 8.49. The van der Waals surface area contributed by atoms with Gasteiger partial charge in [-0.05, 0) is 12.1 Å². The highest BCUT2D eigenvalue weighted by Crippen LogP contribution is 2.37. The largest absolute Gasteiger partial charge is 0.494 e. The van der Waals surface area contributed by atoms with E-state index in [2.05, 4.69) is 25.6 Å². The van der Waals surface area contributed by atoms with Crippen LogP contribution in [0.15, 0.2) is 30.6 Å². The van der Waals surface area contributed by atoms with Crippen molar-refractivity contribution in [3.63, 3.8) is 0 Å². The van der Waals surface area contributed by atoms with Crippen LogP contribution in [0.1, 0.15) is 14.6 Å². The number of aryl methyl sites for hydroxylation is 1. The van der Waals surface area contributed by atoms with E-state index in [9.17, 15) is 9.59 Å². The molecule has 12 heteroatoms. The molecule has 0 aliphatic carbocycles. The maximum absolute atomic E-state index is 12.7. The van der Waals surface area contributed by atoms with Crippen LogP contribution in [0.2, 0.25) is 0 Å². The zero-order valence-electron chi connectivity index (χ0n) is 20.7. The summed E-state index contributed by atoms with van der Waals surface area (Å²) in [5.41, 5.74) is 0.881. The number of likely N-dealkylation sites (N-methyl/N-ethyl adjacent to an activating group) is 1. The third-order valence-electron chi connectivity index (χ3n) is 4.93. The molecule has 2 aromatic heterocycles. The number of methoxy groups -OCH3 is 1. The predicted molar refractivity (Wildman–Crippen MR) is 117 cm³/mol. The molecule has 0 saturated carbocycles. The Morgan fingerprint density at radius 1 is 1.22 bits per heavy atom. The van der Waals surface area contributed by atoms with Gasteiger partial charge in [0.25, 0.3) is 5.91 Å². The van der Waals surface area contributed by atoms with Gasteiger partial charge < -0.3 is 20.3 Å². The maximum Gasteiger partial charge on any atom is 0.325 e. The van der Waals surface area contributed by atoms with E-state index in [0.717, 1.165) is 0 Å². The summed E-state index contributed by atoms with van der Waals surface area (Å²) in [7, 11) is 4.88. The van der Waals surface area contributed by atoms with Crippen LogP contribution < -0.4 is 20.3 Å². The standard InChI is InChI=1S/C20H23N9O3/c1-21-19(30)16-14(10-15(24-25-16)29-9-8-27(2)20(29)31)23-13-7-5-6-12(17(13)32-4)18-22-11-28(3)26-18/h5-7,10-11H,8-9H2,1-4H3,(H,21,30)(H,23,24)/i1D3. The van der Waals surface area contributed by atoms with Crippen LogP contribution >= 0.6 is 0 Å². The first-order chi connectivity index (χ1) is 16.6. The molecule has 1 aliphatic heterocycles. The van der Waals surface area contributed by atoms with Gasteiger partial charge in [-0.2, -0.15) is 5.10 Å². The van der Waals surface area contributed by atoms with Crippen molar-refractivity contribution < 1.29 is 18.4 Å². The Morgan fingerprint density at radius 3 is 2.72 bits per heavy atom. The Balaban J connectivity index is 1.78. The van der Waals surface area contributed by atoms with E-state index in [0.29, 0.717) is 35.9 Å². The Hall–Kier alpha value is -4.22. The van der Waals surface area contributed by atoms with Crippen LogP contribution in [0.5, 0.6) is 5.75 Å². The number of nitrogens with zero attached hydrogens (tertiary/aromatic N) is 7. The van der Waals surface area contributed by atoms with Gasteiger partial charge >= 0.3 is 6.03 Å². The van der Waals surface area contributed by atoms with Crippen molar-refractivity contribution in [3.05, 3.63) is 36.3 Å². The third-order valence-corrected chi connectivity index (χ3v) is 4.93. The summed E-state index contributed by atoms with van der Waals surface area (Å²) in [5.74, 6) is 0.0514. The first-order valence-corrected chi connectivity index (χ1v) is 9.60. The minimum absolute atomic E-state index is 0.128. The van der Waals surface area contributed by atoms with E-state index in [1.54, 1.807) is 43.3 Å². The van der Waals surface area contributed by atoms with Crippen LogP contribution in [-0.4, -0.2) is 76.0 Å². The molecule has 1 aromatic carbocycles. The van der Waals surface area contributed by atoms with E-state index in [-0.39, 0.29) is 23.2 Å². The van der Waals surface area contributed by atoms with E-state index in [1.165, 1.54) is 23.0 Å². The van der Waals surface area contributed by atoms with Gasteiger partial charge in [-0.25, -0.2) is 9.78 Å². The van der Waals surface area contributed by atoms with Crippen molar-refractivity contribution in [3.8, 4) is 17.1 Å². The second-order valence-electron chi connectivity index (χ2n) is 7.03. The highest BCUT2D eigenvalue weighted by atomic mass is 16.5. The highest BCUT2D eigenvalue weighted by Gasteiger charge is 2.29. The monoisotopic (exact) mass is 440 g/mol. The summed E-state index contributed by atoms with van der Waals surface area (Å²) in [6.07, 6.45) is 1.55. The molecule has 12 nitrogen and oxygen atoms in total.